The molecular formula is C34H33BrN6. The van der Waals surface area contributed by atoms with Gasteiger partial charge in [-0.1, -0.05) is 75.2 Å². The van der Waals surface area contributed by atoms with Gasteiger partial charge in [0.2, 0.25) is 0 Å². The van der Waals surface area contributed by atoms with E-state index < -0.39 is 0 Å². The number of rotatable bonds is 4. The summed E-state index contributed by atoms with van der Waals surface area (Å²) >= 11 is 3.45. The highest BCUT2D eigenvalue weighted by Crippen LogP contribution is 2.44. The van der Waals surface area contributed by atoms with Gasteiger partial charge in [-0.05, 0) is 74.7 Å². The van der Waals surface area contributed by atoms with Crippen LogP contribution in [0.5, 0.6) is 0 Å². The molecule has 8 rings (SSSR count). The zero-order valence-corrected chi connectivity index (χ0v) is 25.1. The van der Waals surface area contributed by atoms with Crippen LogP contribution in [0.25, 0.3) is 33.5 Å². The summed E-state index contributed by atoms with van der Waals surface area (Å²) in [4.78, 5) is 8.89. The molecule has 0 saturated heterocycles. The Morgan fingerprint density at radius 2 is 1.15 bits per heavy atom. The molecule has 2 aromatic carbocycles. The van der Waals surface area contributed by atoms with Crippen molar-refractivity contribution in [3.8, 4) is 22.3 Å². The lowest BCUT2D eigenvalue weighted by Crippen LogP contribution is -2.30. The van der Waals surface area contributed by atoms with Crippen LogP contribution in [-0.2, 0) is 10.8 Å². The predicted octanol–water partition coefficient (Wildman–Crippen LogP) is 8.44. The summed E-state index contributed by atoms with van der Waals surface area (Å²) in [5, 5.41) is 8.53. The van der Waals surface area contributed by atoms with Gasteiger partial charge in [0, 0.05) is 42.0 Å². The third kappa shape index (κ3) is 4.86. The quantitative estimate of drug-likeness (QED) is 0.202. The van der Waals surface area contributed by atoms with Crippen molar-refractivity contribution >= 4 is 27.2 Å². The van der Waals surface area contributed by atoms with Gasteiger partial charge in [0.05, 0.1) is 16.9 Å². The van der Waals surface area contributed by atoms with Crippen molar-refractivity contribution in [2.24, 2.45) is 0 Å². The highest BCUT2D eigenvalue weighted by molar-refractivity contribution is 9.10. The van der Waals surface area contributed by atoms with Gasteiger partial charge in [0.25, 0.3) is 0 Å². The Hall–Kier alpha value is -3.84. The Morgan fingerprint density at radius 1 is 0.610 bits per heavy atom. The maximum atomic E-state index is 4.47. The summed E-state index contributed by atoms with van der Waals surface area (Å²) in [7, 11) is 0. The zero-order chi connectivity index (χ0) is 28.0. The first-order chi connectivity index (χ1) is 19.9. The highest BCUT2D eigenvalue weighted by atomic mass is 79.9. The standard InChI is InChI=1S/C17H16BrN3.C17H17N3/c1-17(7-2-8-17)14-5-3-12(4-6-14)13-9-19-16-15(18)10-20-21(16)11-13;1-17(8-2-9-17)15-5-3-13(4-6-15)14-11-18-16-7-10-19-20(16)12-14/h3-6,9-11H,2,7-8H2,1H3;3-7,10-12H,2,8-9H2,1H3. The van der Waals surface area contributed by atoms with Crippen molar-refractivity contribution in [1.82, 2.24) is 29.2 Å². The molecule has 0 radical (unpaired) electrons. The molecule has 0 bridgehead atoms. The van der Waals surface area contributed by atoms with Crippen LogP contribution in [-0.4, -0.2) is 29.2 Å². The van der Waals surface area contributed by atoms with Crippen molar-refractivity contribution < 1.29 is 0 Å². The number of hydrogen-bond donors (Lipinski definition) is 0. The highest BCUT2D eigenvalue weighted by Gasteiger charge is 2.34. The van der Waals surface area contributed by atoms with Crippen molar-refractivity contribution in [2.75, 3.05) is 0 Å². The van der Waals surface area contributed by atoms with Crippen molar-refractivity contribution in [3.05, 3.63) is 107 Å². The maximum Gasteiger partial charge on any atom is 0.169 e. The SMILES string of the molecule is CC1(c2ccc(-c3cnc4c(Br)cnn4c3)cc2)CCC1.CC1(c2ccc(-c3cnc4ccnn4c3)cc2)CCC1. The molecule has 41 heavy (non-hydrogen) atoms. The second-order valence-electron chi connectivity index (χ2n) is 12.1. The first-order valence-corrected chi connectivity index (χ1v) is 15.2. The van der Waals surface area contributed by atoms with E-state index in [1.54, 1.807) is 16.9 Å². The van der Waals surface area contributed by atoms with Crippen LogP contribution >= 0.6 is 15.9 Å². The second kappa shape index (κ2) is 10.2. The van der Waals surface area contributed by atoms with Gasteiger partial charge in [-0.2, -0.15) is 10.2 Å². The van der Waals surface area contributed by atoms with Crippen LogP contribution in [0.4, 0.5) is 0 Å². The molecule has 0 unspecified atom stereocenters. The third-order valence-corrected chi connectivity index (χ3v) is 9.86. The molecule has 7 heteroatoms. The topological polar surface area (TPSA) is 60.4 Å². The Labute approximate surface area is 248 Å². The van der Waals surface area contributed by atoms with Crippen molar-refractivity contribution in [3.63, 3.8) is 0 Å². The van der Waals surface area contributed by atoms with E-state index in [4.69, 9.17) is 0 Å². The average Bonchev–Trinajstić information content (AvgIpc) is 3.61. The molecule has 4 heterocycles. The zero-order valence-electron chi connectivity index (χ0n) is 23.5. The Kier molecular flexibility index (Phi) is 6.50. The minimum Gasteiger partial charge on any atom is -0.236 e. The van der Waals surface area contributed by atoms with E-state index in [0.717, 1.165) is 26.9 Å². The molecule has 2 fully saturated rings. The first kappa shape index (κ1) is 26.1. The van der Waals surface area contributed by atoms with E-state index in [2.05, 4.69) is 98.5 Å². The van der Waals surface area contributed by atoms with E-state index in [9.17, 15) is 0 Å². The van der Waals surface area contributed by atoms with Crippen molar-refractivity contribution in [2.45, 2.75) is 63.2 Å². The molecule has 0 atom stereocenters. The molecule has 6 aromatic rings. The number of hydrogen-bond acceptors (Lipinski definition) is 4. The molecular weight excluding hydrogens is 572 g/mol. The molecule has 0 N–H and O–H groups in total. The van der Waals surface area contributed by atoms with Gasteiger partial charge >= 0.3 is 0 Å². The van der Waals surface area contributed by atoms with Crippen LogP contribution < -0.4 is 0 Å². The molecule has 2 aliphatic carbocycles. The molecule has 6 nitrogen and oxygen atoms in total. The minimum absolute atomic E-state index is 0.396. The first-order valence-electron chi connectivity index (χ1n) is 14.4. The van der Waals surface area contributed by atoms with Crippen molar-refractivity contribution in [1.29, 1.82) is 0 Å². The summed E-state index contributed by atoms with van der Waals surface area (Å²) in [6, 6.07) is 19.8. The summed E-state index contributed by atoms with van der Waals surface area (Å²) in [6.45, 7) is 4.73. The largest absolute Gasteiger partial charge is 0.236 e. The fourth-order valence-electron chi connectivity index (χ4n) is 6.08. The number of benzene rings is 2. The van der Waals surface area contributed by atoms with Gasteiger partial charge in [0.15, 0.2) is 11.3 Å². The number of halogens is 1. The molecule has 0 aliphatic heterocycles. The molecule has 206 valence electrons. The minimum atomic E-state index is 0.396. The van der Waals surface area contributed by atoms with Gasteiger partial charge in [0.1, 0.15) is 0 Å². The fourth-order valence-corrected chi connectivity index (χ4v) is 6.45. The summed E-state index contributed by atoms with van der Waals surface area (Å²) in [6.07, 6.45) is 19.4. The normalized spacial score (nSPS) is 17.0. The van der Waals surface area contributed by atoms with Crippen LogP contribution in [0.2, 0.25) is 0 Å². The van der Waals surface area contributed by atoms with E-state index >= 15 is 0 Å². The smallest absolute Gasteiger partial charge is 0.169 e. The Morgan fingerprint density at radius 3 is 1.68 bits per heavy atom. The summed E-state index contributed by atoms with van der Waals surface area (Å²) < 4.78 is 4.54. The van der Waals surface area contributed by atoms with E-state index in [0.29, 0.717) is 10.8 Å². The Bertz CT molecular complexity index is 1830. The third-order valence-electron chi connectivity index (χ3n) is 9.30. The lowest BCUT2D eigenvalue weighted by Gasteiger charge is -2.39. The van der Waals surface area contributed by atoms with Gasteiger partial charge in [-0.25, -0.2) is 19.0 Å². The van der Waals surface area contributed by atoms with E-state index in [1.165, 1.54) is 60.8 Å². The molecule has 0 amide bonds. The molecule has 2 aliphatic rings. The maximum absolute atomic E-state index is 4.47. The Balaban J connectivity index is 0.000000135. The van der Waals surface area contributed by atoms with E-state index in [1.807, 2.05) is 35.4 Å². The molecule has 2 saturated carbocycles. The van der Waals surface area contributed by atoms with Crippen LogP contribution in [0.3, 0.4) is 0 Å². The molecule has 4 aromatic heterocycles. The van der Waals surface area contributed by atoms with Crippen LogP contribution in [0, 0.1) is 0 Å². The lowest BCUT2D eigenvalue weighted by molar-refractivity contribution is 0.272. The summed E-state index contributed by atoms with van der Waals surface area (Å²) in [5.74, 6) is 0. The van der Waals surface area contributed by atoms with E-state index in [-0.39, 0.29) is 0 Å². The monoisotopic (exact) mass is 604 g/mol. The number of aromatic nitrogens is 6. The fraction of sp³-hybridized carbons (Fsp3) is 0.294. The second-order valence-corrected chi connectivity index (χ2v) is 12.9. The predicted molar refractivity (Wildman–Crippen MR) is 167 cm³/mol. The average molecular weight is 606 g/mol. The van der Waals surface area contributed by atoms with Gasteiger partial charge in [-0.15, -0.1) is 0 Å². The van der Waals surface area contributed by atoms with Gasteiger partial charge < -0.3 is 0 Å². The van der Waals surface area contributed by atoms with Gasteiger partial charge in [-0.3, -0.25) is 0 Å². The number of fused-ring (bicyclic) bond motifs is 2. The molecule has 0 spiro atoms. The summed E-state index contributed by atoms with van der Waals surface area (Å²) in [5.41, 5.74) is 10.0. The van der Waals surface area contributed by atoms with Crippen LogP contribution in [0.1, 0.15) is 63.5 Å². The van der Waals surface area contributed by atoms with Crippen LogP contribution in [0.15, 0.2) is 96.3 Å². The number of nitrogens with zero attached hydrogens (tertiary/aromatic N) is 6. The lowest BCUT2D eigenvalue weighted by atomic mass is 9.66.